The highest BCUT2D eigenvalue weighted by atomic mass is 32.2. The lowest BCUT2D eigenvalue weighted by Gasteiger charge is -2.18. The van der Waals surface area contributed by atoms with E-state index in [4.69, 9.17) is 0 Å². The van der Waals surface area contributed by atoms with Crippen molar-refractivity contribution in [2.24, 2.45) is 11.8 Å². The van der Waals surface area contributed by atoms with Crippen molar-refractivity contribution >= 4 is 15.9 Å². The molecule has 1 aromatic carbocycles. The Morgan fingerprint density at radius 2 is 1.83 bits per heavy atom. The smallest absolute Gasteiger partial charge is 0.266 e. The maximum Gasteiger partial charge on any atom is 0.266 e. The number of carbonyl (C=O) groups is 1. The molecular weight excluding hydrogens is 250 g/mol. The number of rotatable bonds is 3. The van der Waals surface area contributed by atoms with E-state index in [1.54, 1.807) is 18.2 Å². The van der Waals surface area contributed by atoms with Crippen LogP contribution < -0.4 is 0 Å². The summed E-state index contributed by atoms with van der Waals surface area (Å²) in [6.07, 6.45) is 0.614. The van der Waals surface area contributed by atoms with Crippen molar-refractivity contribution < 1.29 is 13.2 Å². The van der Waals surface area contributed by atoms with Crippen LogP contribution in [0.1, 0.15) is 20.3 Å². The summed E-state index contributed by atoms with van der Waals surface area (Å²) in [7, 11) is -3.67. The standard InChI is InChI=1S/C13H17NO3S/c1-10(2)12-8-9-14(13(12)15)18(16,17)11-6-4-3-5-7-11/h3-7,10,12H,8-9H2,1-2H3/t12-/m1/s1. The van der Waals surface area contributed by atoms with Gasteiger partial charge in [0.2, 0.25) is 5.91 Å². The van der Waals surface area contributed by atoms with Crippen molar-refractivity contribution in [2.45, 2.75) is 25.2 Å². The highest BCUT2D eigenvalue weighted by Gasteiger charge is 2.40. The summed E-state index contributed by atoms with van der Waals surface area (Å²) in [6.45, 7) is 4.18. The Labute approximate surface area is 108 Å². The molecule has 5 heteroatoms. The molecule has 0 saturated carbocycles. The first-order valence-electron chi connectivity index (χ1n) is 6.06. The fraction of sp³-hybridized carbons (Fsp3) is 0.462. The topological polar surface area (TPSA) is 54.5 Å². The Kier molecular flexibility index (Phi) is 3.43. The van der Waals surface area contributed by atoms with Gasteiger partial charge in [-0.05, 0) is 24.5 Å². The van der Waals surface area contributed by atoms with E-state index in [1.807, 2.05) is 13.8 Å². The number of nitrogens with zero attached hydrogens (tertiary/aromatic N) is 1. The van der Waals surface area contributed by atoms with Gasteiger partial charge in [0.1, 0.15) is 0 Å². The van der Waals surface area contributed by atoms with Crippen molar-refractivity contribution in [3.8, 4) is 0 Å². The van der Waals surface area contributed by atoms with Crippen molar-refractivity contribution in [1.29, 1.82) is 0 Å². The summed E-state index contributed by atoms with van der Waals surface area (Å²) in [5.74, 6) is -0.272. The molecule has 0 aromatic heterocycles. The highest BCUT2D eigenvalue weighted by Crippen LogP contribution is 2.29. The maximum atomic E-state index is 12.3. The lowest BCUT2D eigenvalue weighted by molar-refractivity contribution is -0.128. The van der Waals surface area contributed by atoms with Gasteiger partial charge in [-0.2, -0.15) is 0 Å². The average molecular weight is 267 g/mol. The quantitative estimate of drug-likeness (QED) is 0.840. The number of hydrogen-bond acceptors (Lipinski definition) is 3. The van der Waals surface area contributed by atoms with Gasteiger partial charge < -0.3 is 0 Å². The second kappa shape index (κ2) is 4.72. The molecule has 1 heterocycles. The van der Waals surface area contributed by atoms with Gasteiger partial charge in [-0.25, -0.2) is 12.7 Å². The summed E-state index contributed by atoms with van der Waals surface area (Å²) in [5.41, 5.74) is 0. The van der Waals surface area contributed by atoms with Crippen LogP contribution in [0.3, 0.4) is 0 Å². The molecule has 98 valence electrons. The third-order valence-corrected chi connectivity index (χ3v) is 5.15. The van der Waals surface area contributed by atoms with Crippen LogP contribution in [0.5, 0.6) is 0 Å². The van der Waals surface area contributed by atoms with E-state index in [2.05, 4.69) is 0 Å². The van der Waals surface area contributed by atoms with Crippen LogP contribution in [-0.2, 0) is 14.8 Å². The van der Waals surface area contributed by atoms with Gasteiger partial charge in [0, 0.05) is 12.5 Å². The highest BCUT2D eigenvalue weighted by molar-refractivity contribution is 7.89. The van der Waals surface area contributed by atoms with Crippen LogP contribution in [0.2, 0.25) is 0 Å². The summed E-state index contributed by atoms with van der Waals surface area (Å²) < 4.78 is 25.7. The molecule has 0 aliphatic carbocycles. The molecule has 1 amide bonds. The Hall–Kier alpha value is -1.36. The molecule has 0 bridgehead atoms. The van der Waals surface area contributed by atoms with Gasteiger partial charge in [-0.3, -0.25) is 4.79 Å². The first-order chi connectivity index (χ1) is 8.44. The number of amides is 1. The zero-order valence-corrected chi connectivity index (χ0v) is 11.4. The minimum atomic E-state index is -3.67. The molecule has 4 nitrogen and oxygen atoms in total. The Balaban J connectivity index is 2.31. The van der Waals surface area contributed by atoms with E-state index >= 15 is 0 Å². The van der Waals surface area contributed by atoms with Gasteiger partial charge >= 0.3 is 0 Å². The van der Waals surface area contributed by atoms with Crippen molar-refractivity contribution in [3.05, 3.63) is 30.3 Å². The summed E-state index contributed by atoms with van der Waals surface area (Å²) in [6, 6.07) is 8.11. The van der Waals surface area contributed by atoms with Crippen LogP contribution in [0.15, 0.2) is 35.2 Å². The van der Waals surface area contributed by atoms with Gasteiger partial charge in [0.15, 0.2) is 0 Å². The van der Waals surface area contributed by atoms with Crippen LogP contribution in [0.4, 0.5) is 0 Å². The molecule has 1 aliphatic heterocycles. The van der Waals surface area contributed by atoms with Gasteiger partial charge in [-0.15, -0.1) is 0 Å². The molecule has 0 unspecified atom stereocenters. The molecule has 1 saturated heterocycles. The lowest BCUT2D eigenvalue weighted by Crippen LogP contribution is -2.34. The maximum absolute atomic E-state index is 12.3. The van der Waals surface area contributed by atoms with E-state index in [0.29, 0.717) is 13.0 Å². The monoisotopic (exact) mass is 267 g/mol. The van der Waals surface area contributed by atoms with E-state index in [9.17, 15) is 13.2 Å². The van der Waals surface area contributed by atoms with Crippen LogP contribution in [0, 0.1) is 11.8 Å². The minimum Gasteiger partial charge on any atom is -0.273 e. The summed E-state index contributed by atoms with van der Waals surface area (Å²) in [5, 5.41) is 0. The van der Waals surface area contributed by atoms with Crippen molar-refractivity contribution in [2.75, 3.05) is 6.54 Å². The predicted octanol–water partition coefficient (Wildman–Crippen LogP) is 1.88. The number of benzene rings is 1. The molecular formula is C13H17NO3S. The molecule has 0 N–H and O–H groups in total. The molecule has 1 atom stereocenters. The third-order valence-electron chi connectivity index (χ3n) is 3.34. The second-order valence-corrected chi connectivity index (χ2v) is 6.73. The normalized spacial score (nSPS) is 20.7. The molecule has 0 spiro atoms. The van der Waals surface area contributed by atoms with Gasteiger partial charge in [-0.1, -0.05) is 32.0 Å². The first kappa shape index (κ1) is 13.1. The molecule has 0 radical (unpaired) electrons. The largest absolute Gasteiger partial charge is 0.273 e. The molecule has 1 aromatic rings. The molecule has 18 heavy (non-hydrogen) atoms. The number of carbonyl (C=O) groups excluding carboxylic acids is 1. The van der Waals surface area contributed by atoms with Crippen molar-refractivity contribution in [3.63, 3.8) is 0 Å². The zero-order chi connectivity index (χ0) is 13.3. The Morgan fingerprint density at radius 3 is 2.33 bits per heavy atom. The SMILES string of the molecule is CC(C)[C@H]1CCN(S(=O)(=O)c2ccccc2)C1=O. The zero-order valence-electron chi connectivity index (χ0n) is 10.5. The first-order valence-corrected chi connectivity index (χ1v) is 7.50. The minimum absolute atomic E-state index is 0.175. The Morgan fingerprint density at radius 1 is 1.22 bits per heavy atom. The van der Waals surface area contributed by atoms with E-state index in [-0.39, 0.29) is 22.6 Å². The summed E-state index contributed by atoms with van der Waals surface area (Å²) in [4.78, 5) is 12.3. The lowest BCUT2D eigenvalue weighted by atomic mass is 9.95. The fourth-order valence-corrected chi connectivity index (χ4v) is 3.73. The predicted molar refractivity (Wildman–Crippen MR) is 68.3 cm³/mol. The summed E-state index contributed by atoms with van der Waals surface area (Å²) >= 11 is 0. The van der Waals surface area contributed by atoms with Crippen molar-refractivity contribution in [1.82, 2.24) is 4.31 Å². The molecule has 1 fully saturated rings. The number of sulfonamides is 1. The van der Waals surface area contributed by atoms with E-state index in [1.165, 1.54) is 12.1 Å². The van der Waals surface area contributed by atoms with Crippen LogP contribution in [0.25, 0.3) is 0 Å². The van der Waals surface area contributed by atoms with E-state index in [0.717, 1.165) is 4.31 Å². The fourth-order valence-electron chi connectivity index (χ4n) is 2.25. The van der Waals surface area contributed by atoms with Crippen LogP contribution in [-0.4, -0.2) is 25.2 Å². The second-order valence-electron chi connectivity index (χ2n) is 4.87. The van der Waals surface area contributed by atoms with Gasteiger partial charge in [0.05, 0.1) is 4.90 Å². The van der Waals surface area contributed by atoms with Gasteiger partial charge in [0.25, 0.3) is 10.0 Å². The van der Waals surface area contributed by atoms with E-state index < -0.39 is 10.0 Å². The van der Waals surface area contributed by atoms with Crippen LogP contribution >= 0.6 is 0 Å². The molecule has 1 aliphatic rings. The average Bonchev–Trinajstić information content (AvgIpc) is 2.73. The third kappa shape index (κ3) is 2.14. The Bertz CT molecular complexity index is 537. The number of hydrogen-bond donors (Lipinski definition) is 0. The molecule has 2 rings (SSSR count).